The minimum absolute atomic E-state index is 0.0760. The highest BCUT2D eigenvalue weighted by atomic mass is 16.5. The lowest BCUT2D eigenvalue weighted by Crippen LogP contribution is -2.45. The standard InChI is InChI=1S/C18H31N3O7/c1-17(2,6-13(24)27-5)12-7-21(20-19-12)14-15(25)10(8-22)18(3,4)28-11(9-23)16(14)26/h7,10-11,14-16,22-23,25-26H,6,8-9H2,1-5H3/t10-,11-,14+,15-,16+/m0/s1. The molecule has 1 saturated heterocycles. The Bertz CT molecular complexity index is 676. The Morgan fingerprint density at radius 1 is 1.29 bits per heavy atom. The van der Waals surface area contributed by atoms with Crippen LogP contribution < -0.4 is 0 Å². The van der Waals surface area contributed by atoms with Crippen LogP contribution in [0.3, 0.4) is 0 Å². The van der Waals surface area contributed by atoms with Crippen molar-refractivity contribution in [1.82, 2.24) is 15.0 Å². The number of aromatic nitrogens is 3. The molecular weight excluding hydrogens is 370 g/mol. The first-order valence-electron chi connectivity index (χ1n) is 9.23. The summed E-state index contributed by atoms with van der Waals surface area (Å²) in [5, 5.41) is 49.3. The van der Waals surface area contributed by atoms with Gasteiger partial charge in [0.1, 0.15) is 18.2 Å². The molecule has 0 radical (unpaired) electrons. The number of carbonyl (C=O) groups is 1. The van der Waals surface area contributed by atoms with Crippen LogP contribution in [0.4, 0.5) is 0 Å². The third-order valence-corrected chi connectivity index (χ3v) is 5.54. The highest BCUT2D eigenvalue weighted by Crippen LogP contribution is 2.38. The molecule has 0 aliphatic carbocycles. The summed E-state index contributed by atoms with van der Waals surface area (Å²) in [4.78, 5) is 11.7. The maximum atomic E-state index is 11.7. The summed E-state index contributed by atoms with van der Waals surface area (Å²) in [5.41, 5.74) is -1.21. The van der Waals surface area contributed by atoms with Crippen LogP contribution in [0.25, 0.3) is 0 Å². The van der Waals surface area contributed by atoms with E-state index in [0.717, 1.165) is 0 Å². The van der Waals surface area contributed by atoms with Crippen LogP contribution in [0, 0.1) is 5.92 Å². The second-order valence-electron chi connectivity index (χ2n) is 8.42. The molecule has 10 nitrogen and oxygen atoms in total. The minimum atomic E-state index is -1.30. The molecular formula is C18H31N3O7. The molecule has 1 aliphatic heterocycles. The van der Waals surface area contributed by atoms with Gasteiger partial charge in [0.15, 0.2) is 0 Å². The van der Waals surface area contributed by atoms with Crippen LogP contribution in [0.1, 0.15) is 45.9 Å². The summed E-state index contributed by atoms with van der Waals surface area (Å²) >= 11 is 0. The molecule has 2 rings (SSSR count). The van der Waals surface area contributed by atoms with Crippen molar-refractivity contribution >= 4 is 5.97 Å². The van der Waals surface area contributed by atoms with Gasteiger partial charge < -0.3 is 29.9 Å². The van der Waals surface area contributed by atoms with Gasteiger partial charge in [0.2, 0.25) is 0 Å². The van der Waals surface area contributed by atoms with Gasteiger partial charge in [0.25, 0.3) is 0 Å². The molecule has 0 amide bonds. The maximum absolute atomic E-state index is 11.7. The van der Waals surface area contributed by atoms with Gasteiger partial charge in [0, 0.05) is 17.5 Å². The van der Waals surface area contributed by atoms with Crippen LogP contribution >= 0.6 is 0 Å². The van der Waals surface area contributed by atoms with E-state index >= 15 is 0 Å². The van der Waals surface area contributed by atoms with Gasteiger partial charge in [-0.2, -0.15) is 0 Å². The summed E-state index contributed by atoms with van der Waals surface area (Å²) < 4.78 is 11.8. The average molecular weight is 401 g/mol. The van der Waals surface area contributed by atoms with Gasteiger partial charge in [-0.05, 0) is 13.8 Å². The van der Waals surface area contributed by atoms with Crippen molar-refractivity contribution in [3.8, 4) is 0 Å². The van der Waals surface area contributed by atoms with Gasteiger partial charge in [-0.3, -0.25) is 4.79 Å². The largest absolute Gasteiger partial charge is 0.469 e. The molecule has 28 heavy (non-hydrogen) atoms. The monoisotopic (exact) mass is 401 g/mol. The topological polar surface area (TPSA) is 147 Å². The van der Waals surface area contributed by atoms with Crippen molar-refractivity contribution in [2.75, 3.05) is 20.3 Å². The first-order valence-corrected chi connectivity index (χ1v) is 9.23. The fraction of sp³-hybridized carbons (Fsp3) is 0.833. The van der Waals surface area contributed by atoms with Crippen molar-refractivity contribution in [3.63, 3.8) is 0 Å². The molecule has 0 aromatic carbocycles. The number of nitrogens with zero attached hydrogens (tertiary/aromatic N) is 3. The van der Waals surface area contributed by atoms with Crippen molar-refractivity contribution in [3.05, 3.63) is 11.9 Å². The zero-order chi connectivity index (χ0) is 21.3. The smallest absolute Gasteiger partial charge is 0.306 e. The molecule has 5 atom stereocenters. The Balaban J connectivity index is 2.41. The molecule has 10 heteroatoms. The van der Waals surface area contributed by atoms with E-state index in [-0.39, 0.29) is 13.0 Å². The number of hydrogen-bond donors (Lipinski definition) is 4. The molecule has 1 fully saturated rings. The van der Waals surface area contributed by atoms with Crippen LogP contribution in [-0.2, 0) is 19.7 Å². The molecule has 1 aromatic rings. The fourth-order valence-electron chi connectivity index (χ4n) is 3.66. The number of aliphatic hydroxyl groups is 4. The molecule has 0 saturated carbocycles. The number of rotatable bonds is 6. The van der Waals surface area contributed by atoms with Gasteiger partial charge in [-0.15, -0.1) is 5.10 Å². The highest BCUT2D eigenvalue weighted by Gasteiger charge is 2.50. The van der Waals surface area contributed by atoms with E-state index in [1.54, 1.807) is 33.9 Å². The second-order valence-corrected chi connectivity index (χ2v) is 8.42. The van der Waals surface area contributed by atoms with E-state index in [4.69, 9.17) is 9.47 Å². The molecule has 160 valence electrons. The van der Waals surface area contributed by atoms with E-state index in [9.17, 15) is 25.2 Å². The lowest BCUT2D eigenvalue weighted by molar-refractivity contribution is -0.151. The maximum Gasteiger partial charge on any atom is 0.306 e. The number of ether oxygens (including phenoxy) is 2. The fourth-order valence-corrected chi connectivity index (χ4v) is 3.66. The Morgan fingerprint density at radius 3 is 2.46 bits per heavy atom. The number of aliphatic hydroxyl groups excluding tert-OH is 4. The van der Waals surface area contributed by atoms with E-state index in [0.29, 0.717) is 5.69 Å². The molecule has 1 aromatic heterocycles. The van der Waals surface area contributed by atoms with E-state index in [1.165, 1.54) is 11.8 Å². The lowest BCUT2D eigenvalue weighted by atomic mass is 9.83. The molecule has 0 bridgehead atoms. The third-order valence-electron chi connectivity index (χ3n) is 5.54. The minimum Gasteiger partial charge on any atom is -0.469 e. The highest BCUT2D eigenvalue weighted by molar-refractivity contribution is 5.70. The summed E-state index contributed by atoms with van der Waals surface area (Å²) in [7, 11) is 1.30. The van der Waals surface area contributed by atoms with E-state index < -0.39 is 53.9 Å². The quantitative estimate of drug-likeness (QED) is 0.448. The number of esters is 1. The van der Waals surface area contributed by atoms with Crippen molar-refractivity contribution < 1.29 is 34.7 Å². The van der Waals surface area contributed by atoms with Crippen LogP contribution in [0.5, 0.6) is 0 Å². The molecule has 2 heterocycles. The Hall–Kier alpha value is -1.59. The number of carbonyl (C=O) groups excluding carboxylic acids is 1. The summed E-state index contributed by atoms with van der Waals surface area (Å²) in [5.74, 6) is -1.13. The van der Waals surface area contributed by atoms with Crippen LogP contribution in [-0.4, -0.2) is 85.6 Å². The van der Waals surface area contributed by atoms with Gasteiger partial charge in [-0.25, -0.2) is 4.68 Å². The first kappa shape index (κ1) is 22.7. The Morgan fingerprint density at radius 2 is 1.93 bits per heavy atom. The van der Waals surface area contributed by atoms with Crippen molar-refractivity contribution in [2.24, 2.45) is 5.92 Å². The van der Waals surface area contributed by atoms with E-state index in [1.807, 2.05) is 0 Å². The zero-order valence-corrected chi connectivity index (χ0v) is 16.9. The Labute approximate surface area is 164 Å². The first-order chi connectivity index (χ1) is 13.0. The number of methoxy groups -OCH3 is 1. The van der Waals surface area contributed by atoms with Crippen LogP contribution in [0.2, 0.25) is 0 Å². The predicted octanol–water partition coefficient (Wildman–Crippen LogP) is -0.840. The summed E-state index contributed by atoms with van der Waals surface area (Å²) in [6.45, 7) is 6.11. The molecule has 4 N–H and O–H groups in total. The summed E-state index contributed by atoms with van der Waals surface area (Å²) in [6.07, 6.45) is -1.88. The molecule has 0 spiro atoms. The SMILES string of the molecule is COC(=O)CC(C)(C)c1cn([C@@H]2[C@@H](O)[C@H](CO)C(C)(C)O[C@@H](CO)[C@H]2O)nn1. The Kier molecular flexibility index (Phi) is 6.82. The van der Waals surface area contributed by atoms with Crippen molar-refractivity contribution in [2.45, 2.75) is 69.5 Å². The summed E-state index contributed by atoms with van der Waals surface area (Å²) in [6, 6.07) is -1.01. The van der Waals surface area contributed by atoms with Gasteiger partial charge in [0.05, 0.1) is 44.1 Å². The average Bonchev–Trinajstić information content (AvgIpc) is 3.07. The second kappa shape index (κ2) is 8.42. The zero-order valence-electron chi connectivity index (χ0n) is 16.9. The van der Waals surface area contributed by atoms with Gasteiger partial charge >= 0.3 is 5.97 Å². The third kappa shape index (κ3) is 4.36. The normalized spacial score (nSPS) is 30.7. The molecule has 1 aliphatic rings. The van der Waals surface area contributed by atoms with E-state index in [2.05, 4.69) is 10.3 Å². The predicted molar refractivity (Wildman–Crippen MR) is 97.3 cm³/mol. The lowest BCUT2D eigenvalue weighted by Gasteiger charge is -2.35. The van der Waals surface area contributed by atoms with Crippen LogP contribution in [0.15, 0.2) is 6.20 Å². The van der Waals surface area contributed by atoms with Crippen molar-refractivity contribution in [1.29, 1.82) is 0 Å². The number of hydrogen-bond acceptors (Lipinski definition) is 9. The van der Waals surface area contributed by atoms with Gasteiger partial charge in [-0.1, -0.05) is 19.1 Å². The molecule has 0 unspecified atom stereocenters.